The van der Waals surface area contributed by atoms with Crippen molar-refractivity contribution in [3.8, 4) is 0 Å². The number of nitrogens with one attached hydrogen (secondary N) is 1. The number of nitrogens with zero attached hydrogens (tertiary/aromatic N) is 1. The van der Waals surface area contributed by atoms with E-state index in [1.165, 1.54) is 16.9 Å². The topological polar surface area (TPSA) is 42.0 Å². The van der Waals surface area contributed by atoms with E-state index >= 15 is 0 Å². The van der Waals surface area contributed by atoms with Crippen LogP contribution in [-0.2, 0) is 6.42 Å². The smallest absolute Gasteiger partial charge is 0.275 e. The molecule has 0 bridgehead atoms. The van der Waals surface area contributed by atoms with Crippen LogP contribution in [0.25, 0.3) is 0 Å². The molecule has 1 heterocycles. The number of carbonyl (C=O) groups is 1. The quantitative estimate of drug-likeness (QED) is 0.533. The van der Waals surface area contributed by atoms with Crippen molar-refractivity contribution in [1.29, 1.82) is 0 Å². The molecule has 1 aromatic heterocycles. The highest BCUT2D eigenvalue weighted by molar-refractivity contribution is 7.09. The molecule has 0 spiro atoms. The normalized spacial score (nSPS) is 11.0. The van der Waals surface area contributed by atoms with Crippen LogP contribution in [0.5, 0.6) is 0 Å². The Hall–Kier alpha value is -1.88. The lowest BCUT2D eigenvalue weighted by Crippen LogP contribution is -2.12. The molecule has 2 aromatic carbocycles. The minimum absolute atomic E-state index is 0.227. The lowest BCUT2D eigenvalue weighted by molar-refractivity contribution is 0.102. The van der Waals surface area contributed by atoms with Gasteiger partial charge in [-0.2, -0.15) is 0 Å². The second kappa shape index (κ2) is 8.21. The molecule has 0 saturated carbocycles. The molecule has 26 heavy (non-hydrogen) atoms. The summed E-state index contributed by atoms with van der Waals surface area (Å²) in [5.41, 5.74) is 3.20. The van der Waals surface area contributed by atoms with Crippen molar-refractivity contribution >= 4 is 46.1 Å². The molecule has 1 N–H and O–H groups in total. The van der Waals surface area contributed by atoms with Crippen molar-refractivity contribution in [2.75, 3.05) is 5.32 Å². The third-order valence-electron chi connectivity index (χ3n) is 4.01. The standard InChI is InChI=1S/C20H18Cl2N2OS/c1-12(2)13-6-8-14(9-7-13)23-20(25)18-11-26-19(24-18)10-15-16(21)4-3-5-17(15)22/h3-9,11-12H,10H2,1-2H3,(H,23,25). The van der Waals surface area contributed by atoms with Crippen LogP contribution in [-0.4, -0.2) is 10.9 Å². The van der Waals surface area contributed by atoms with E-state index in [2.05, 4.69) is 24.1 Å². The Morgan fingerprint density at radius 2 is 1.77 bits per heavy atom. The summed E-state index contributed by atoms with van der Waals surface area (Å²) in [4.78, 5) is 16.8. The summed E-state index contributed by atoms with van der Waals surface area (Å²) in [7, 11) is 0. The van der Waals surface area contributed by atoms with Crippen LogP contribution in [0, 0.1) is 0 Å². The Morgan fingerprint density at radius 3 is 2.38 bits per heavy atom. The van der Waals surface area contributed by atoms with Gasteiger partial charge >= 0.3 is 0 Å². The number of halogens is 2. The van der Waals surface area contributed by atoms with Crippen LogP contribution in [0.1, 0.15) is 46.4 Å². The van der Waals surface area contributed by atoms with Gasteiger partial charge in [-0.25, -0.2) is 4.98 Å². The maximum Gasteiger partial charge on any atom is 0.275 e. The van der Waals surface area contributed by atoms with Gasteiger partial charge in [0.1, 0.15) is 5.69 Å². The Morgan fingerprint density at radius 1 is 1.12 bits per heavy atom. The van der Waals surface area contributed by atoms with Crippen molar-refractivity contribution in [3.63, 3.8) is 0 Å². The zero-order valence-corrected chi connectivity index (χ0v) is 16.8. The summed E-state index contributed by atoms with van der Waals surface area (Å²) in [5, 5.41) is 6.62. The summed E-state index contributed by atoms with van der Waals surface area (Å²) >= 11 is 13.8. The minimum Gasteiger partial charge on any atom is -0.321 e. The highest BCUT2D eigenvalue weighted by Crippen LogP contribution is 2.28. The molecule has 0 unspecified atom stereocenters. The predicted octanol–water partition coefficient (Wildman–Crippen LogP) is 6.42. The van der Waals surface area contributed by atoms with Gasteiger partial charge in [0.2, 0.25) is 0 Å². The predicted molar refractivity (Wildman–Crippen MR) is 110 cm³/mol. The zero-order chi connectivity index (χ0) is 18.7. The Labute approximate surface area is 167 Å². The maximum atomic E-state index is 12.4. The van der Waals surface area contributed by atoms with E-state index < -0.39 is 0 Å². The SMILES string of the molecule is CC(C)c1ccc(NC(=O)c2csc(Cc3c(Cl)cccc3Cl)n2)cc1. The number of benzene rings is 2. The average molecular weight is 405 g/mol. The Bertz CT molecular complexity index is 900. The van der Waals surface area contributed by atoms with Crippen molar-refractivity contribution in [2.45, 2.75) is 26.2 Å². The second-order valence-electron chi connectivity index (χ2n) is 6.23. The molecule has 0 saturated heterocycles. The van der Waals surface area contributed by atoms with Gasteiger partial charge in [0.15, 0.2) is 0 Å². The van der Waals surface area contributed by atoms with Gasteiger partial charge in [0, 0.05) is 27.5 Å². The summed E-state index contributed by atoms with van der Waals surface area (Å²) in [6.45, 7) is 4.27. The first-order valence-electron chi connectivity index (χ1n) is 8.22. The van der Waals surface area contributed by atoms with Crippen molar-refractivity contribution in [2.24, 2.45) is 0 Å². The van der Waals surface area contributed by atoms with E-state index in [0.717, 1.165) is 16.3 Å². The van der Waals surface area contributed by atoms with Crippen molar-refractivity contribution < 1.29 is 4.79 Å². The number of rotatable bonds is 5. The molecule has 0 atom stereocenters. The maximum absolute atomic E-state index is 12.4. The van der Waals surface area contributed by atoms with Gasteiger partial charge in [-0.1, -0.05) is 55.2 Å². The number of thiazole rings is 1. The second-order valence-corrected chi connectivity index (χ2v) is 7.99. The zero-order valence-electron chi connectivity index (χ0n) is 14.4. The number of amides is 1. The first kappa shape index (κ1) is 18.9. The van der Waals surface area contributed by atoms with E-state index in [1.54, 1.807) is 23.6 Å². The lowest BCUT2D eigenvalue weighted by atomic mass is 10.0. The summed E-state index contributed by atoms with van der Waals surface area (Å²) in [6, 6.07) is 13.3. The number of hydrogen-bond donors (Lipinski definition) is 1. The summed E-state index contributed by atoms with van der Waals surface area (Å²) in [6.07, 6.45) is 0.500. The minimum atomic E-state index is -0.227. The molecule has 6 heteroatoms. The van der Waals surface area contributed by atoms with Crippen LogP contribution in [0.15, 0.2) is 47.8 Å². The van der Waals surface area contributed by atoms with Gasteiger partial charge < -0.3 is 5.32 Å². The molecule has 3 nitrogen and oxygen atoms in total. The van der Waals surface area contributed by atoms with E-state index in [-0.39, 0.29) is 5.91 Å². The first-order chi connectivity index (χ1) is 12.4. The molecule has 134 valence electrons. The molecule has 0 fully saturated rings. The van der Waals surface area contributed by atoms with Gasteiger partial charge in [-0.05, 0) is 41.3 Å². The fourth-order valence-corrected chi connectivity index (χ4v) is 3.81. The van der Waals surface area contributed by atoms with Crippen LogP contribution in [0.2, 0.25) is 10.0 Å². The van der Waals surface area contributed by atoms with Crippen LogP contribution in [0.4, 0.5) is 5.69 Å². The van der Waals surface area contributed by atoms with E-state index in [4.69, 9.17) is 23.2 Å². The highest BCUT2D eigenvalue weighted by Gasteiger charge is 2.14. The number of anilines is 1. The molecule has 0 aliphatic carbocycles. The fraction of sp³-hybridized carbons (Fsp3) is 0.200. The molecule has 3 aromatic rings. The molecule has 0 radical (unpaired) electrons. The van der Waals surface area contributed by atoms with E-state index in [0.29, 0.717) is 28.1 Å². The molecule has 1 amide bonds. The van der Waals surface area contributed by atoms with Crippen molar-refractivity contribution in [3.05, 3.63) is 79.7 Å². The molecule has 0 aliphatic rings. The molecule has 0 aliphatic heterocycles. The van der Waals surface area contributed by atoms with E-state index in [1.807, 2.05) is 24.3 Å². The van der Waals surface area contributed by atoms with Crippen LogP contribution < -0.4 is 5.32 Å². The van der Waals surface area contributed by atoms with Crippen LogP contribution in [0.3, 0.4) is 0 Å². The number of aromatic nitrogens is 1. The average Bonchev–Trinajstić information content (AvgIpc) is 3.07. The Balaban J connectivity index is 1.70. The fourth-order valence-electron chi connectivity index (χ4n) is 2.50. The van der Waals surface area contributed by atoms with Crippen LogP contribution >= 0.6 is 34.5 Å². The third-order valence-corrected chi connectivity index (χ3v) is 5.57. The Kier molecular flexibility index (Phi) is 5.97. The summed E-state index contributed by atoms with van der Waals surface area (Å²) in [5.74, 6) is 0.229. The molecular formula is C20H18Cl2N2OS. The number of hydrogen-bond acceptors (Lipinski definition) is 3. The van der Waals surface area contributed by atoms with E-state index in [9.17, 15) is 4.79 Å². The molecule has 3 rings (SSSR count). The third kappa shape index (κ3) is 4.44. The summed E-state index contributed by atoms with van der Waals surface area (Å²) < 4.78 is 0. The highest BCUT2D eigenvalue weighted by atomic mass is 35.5. The molecular weight excluding hydrogens is 387 g/mol. The van der Waals surface area contributed by atoms with Gasteiger partial charge in [0.05, 0.1) is 5.01 Å². The number of carbonyl (C=O) groups excluding carboxylic acids is 1. The van der Waals surface area contributed by atoms with Crippen molar-refractivity contribution in [1.82, 2.24) is 4.98 Å². The first-order valence-corrected chi connectivity index (χ1v) is 9.86. The van der Waals surface area contributed by atoms with Gasteiger partial charge in [-0.3, -0.25) is 4.79 Å². The van der Waals surface area contributed by atoms with Gasteiger partial charge in [-0.15, -0.1) is 11.3 Å². The monoisotopic (exact) mass is 404 g/mol. The van der Waals surface area contributed by atoms with Gasteiger partial charge in [0.25, 0.3) is 5.91 Å². The lowest BCUT2D eigenvalue weighted by Gasteiger charge is -2.07. The largest absolute Gasteiger partial charge is 0.321 e.